The molecule has 0 aliphatic carbocycles. The minimum Gasteiger partial charge on any atom is -0.497 e. The fraction of sp³-hybridized carbons (Fsp3) is 0.111. The Labute approximate surface area is 148 Å². The van der Waals surface area contributed by atoms with Crippen molar-refractivity contribution in [2.24, 2.45) is 0 Å². The molecule has 3 rings (SSSR count). The molecule has 8 nitrogen and oxygen atoms in total. The van der Waals surface area contributed by atoms with Crippen molar-refractivity contribution in [3.63, 3.8) is 0 Å². The van der Waals surface area contributed by atoms with Crippen LogP contribution in [-0.4, -0.2) is 17.0 Å². The number of nitriles is 1. The van der Waals surface area contributed by atoms with E-state index in [9.17, 15) is 15.4 Å². The number of benzene rings is 2. The number of nitro benzene ring substituents is 1. The highest BCUT2D eigenvalue weighted by atomic mass is 16.6. The monoisotopic (exact) mass is 350 g/mol. The molecule has 0 aliphatic heterocycles. The molecule has 0 spiro atoms. The second kappa shape index (κ2) is 7.36. The zero-order valence-electron chi connectivity index (χ0n) is 13.8. The number of oxazole rings is 1. The Morgan fingerprint density at radius 2 is 2.00 bits per heavy atom. The summed E-state index contributed by atoms with van der Waals surface area (Å²) < 4.78 is 10.7. The molecule has 0 atom stereocenters. The number of nitrogens with zero attached hydrogens (tertiary/aromatic N) is 3. The minimum atomic E-state index is -0.518. The van der Waals surface area contributed by atoms with Gasteiger partial charge in [-0.3, -0.25) is 10.1 Å². The van der Waals surface area contributed by atoms with Crippen LogP contribution in [0.25, 0.3) is 11.5 Å². The van der Waals surface area contributed by atoms with Crippen LogP contribution in [0, 0.1) is 21.4 Å². The highest BCUT2D eigenvalue weighted by molar-refractivity contribution is 5.68. The van der Waals surface area contributed by atoms with E-state index in [0.717, 1.165) is 11.3 Å². The molecule has 0 bridgehead atoms. The van der Waals surface area contributed by atoms with E-state index in [1.54, 1.807) is 19.2 Å². The van der Waals surface area contributed by atoms with Crippen LogP contribution in [0.2, 0.25) is 0 Å². The zero-order valence-corrected chi connectivity index (χ0v) is 13.8. The largest absolute Gasteiger partial charge is 0.497 e. The van der Waals surface area contributed by atoms with Crippen LogP contribution >= 0.6 is 0 Å². The third kappa shape index (κ3) is 3.47. The van der Waals surface area contributed by atoms with E-state index in [-0.39, 0.29) is 28.7 Å². The van der Waals surface area contributed by atoms with Gasteiger partial charge in [-0.15, -0.1) is 0 Å². The maximum atomic E-state index is 11.2. The molecule has 0 saturated heterocycles. The second-order valence-electron chi connectivity index (χ2n) is 5.28. The topological polar surface area (TPSA) is 114 Å². The van der Waals surface area contributed by atoms with Gasteiger partial charge >= 0.3 is 0 Å². The molecule has 0 aliphatic rings. The lowest BCUT2D eigenvalue weighted by atomic mass is 10.2. The first-order valence-corrected chi connectivity index (χ1v) is 7.64. The Balaban J connectivity index is 1.85. The molecule has 1 N–H and O–H groups in total. The van der Waals surface area contributed by atoms with Gasteiger partial charge in [-0.2, -0.15) is 10.2 Å². The number of anilines is 1. The molecule has 0 unspecified atom stereocenters. The number of hydrogen-bond donors (Lipinski definition) is 1. The highest BCUT2D eigenvalue weighted by Crippen LogP contribution is 2.32. The Hall–Kier alpha value is -3.86. The third-order valence-corrected chi connectivity index (χ3v) is 3.68. The summed E-state index contributed by atoms with van der Waals surface area (Å²) in [6.07, 6.45) is 0. The number of nitro groups is 1. The van der Waals surface area contributed by atoms with Crippen molar-refractivity contribution in [1.82, 2.24) is 4.98 Å². The smallest absolute Gasteiger partial charge is 0.282 e. The van der Waals surface area contributed by atoms with Crippen LogP contribution in [0.5, 0.6) is 5.75 Å². The first-order chi connectivity index (χ1) is 12.6. The average molecular weight is 350 g/mol. The van der Waals surface area contributed by atoms with Crippen molar-refractivity contribution in [3.8, 4) is 23.3 Å². The van der Waals surface area contributed by atoms with Gasteiger partial charge in [0.25, 0.3) is 5.69 Å². The second-order valence-corrected chi connectivity index (χ2v) is 5.28. The van der Waals surface area contributed by atoms with E-state index in [1.165, 1.54) is 12.1 Å². The fourth-order valence-electron chi connectivity index (χ4n) is 2.37. The zero-order chi connectivity index (χ0) is 18.5. The van der Waals surface area contributed by atoms with E-state index in [2.05, 4.69) is 10.3 Å². The molecule has 0 radical (unpaired) electrons. The van der Waals surface area contributed by atoms with Gasteiger partial charge in [0.15, 0.2) is 0 Å². The van der Waals surface area contributed by atoms with Gasteiger partial charge < -0.3 is 14.5 Å². The first-order valence-electron chi connectivity index (χ1n) is 7.64. The van der Waals surface area contributed by atoms with Gasteiger partial charge in [0.2, 0.25) is 17.5 Å². The number of methoxy groups -OCH3 is 1. The van der Waals surface area contributed by atoms with Gasteiger partial charge in [0.05, 0.1) is 12.0 Å². The molecule has 0 amide bonds. The Morgan fingerprint density at radius 1 is 1.27 bits per heavy atom. The predicted octanol–water partition coefficient (Wildman–Crippen LogP) is 3.74. The Bertz CT molecular complexity index is 974. The molecular formula is C18H14N4O4. The van der Waals surface area contributed by atoms with Crippen LogP contribution in [0.15, 0.2) is 52.9 Å². The number of para-hydroxylation sites is 1. The number of aromatic nitrogens is 1. The summed E-state index contributed by atoms with van der Waals surface area (Å²) in [5.41, 5.74) is 1.05. The normalized spacial score (nSPS) is 10.2. The van der Waals surface area contributed by atoms with Crippen molar-refractivity contribution >= 4 is 11.6 Å². The van der Waals surface area contributed by atoms with Crippen LogP contribution < -0.4 is 10.1 Å². The Morgan fingerprint density at radius 3 is 2.65 bits per heavy atom. The van der Waals surface area contributed by atoms with E-state index < -0.39 is 4.92 Å². The summed E-state index contributed by atoms with van der Waals surface area (Å²) >= 11 is 0. The fourth-order valence-corrected chi connectivity index (χ4v) is 2.37. The summed E-state index contributed by atoms with van der Waals surface area (Å²) in [6.45, 7) is 0.393. The lowest BCUT2D eigenvalue weighted by Gasteiger charge is -2.04. The lowest BCUT2D eigenvalue weighted by Crippen LogP contribution is -1.99. The van der Waals surface area contributed by atoms with Gasteiger partial charge in [-0.25, -0.2) is 0 Å². The summed E-state index contributed by atoms with van der Waals surface area (Å²) in [6, 6.07) is 15.4. The first kappa shape index (κ1) is 17.0. The lowest BCUT2D eigenvalue weighted by molar-refractivity contribution is -0.384. The number of nitrogens with one attached hydrogen (secondary N) is 1. The minimum absolute atomic E-state index is 0.0195. The molecule has 1 heterocycles. The standard InChI is InChI=1S/C18H14N4O4/c1-25-13-8-6-12(7-9-13)11-20-18-15(10-19)21-17(26-18)14-4-2-3-5-16(14)22(23)24/h2-9,20H,11H2,1H3. The molecule has 2 aromatic carbocycles. The van der Waals surface area contributed by atoms with Crippen molar-refractivity contribution < 1.29 is 14.1 Å². The molecule has 8 heteroatoms. The van der Waals surface area contributed by atoms with Crippen LogP contribution in [0.3, 0.4) is 0 Å². The van der Waals surface area contributed by atoms with Crippen molar-refractivity contribution in [2.75, 3.05) is 12.4 Å². The maximum absolute atomic E-state index is 11.2. The summed E-state index contributed by atoms with van der Waals surface area (Å²) in [5, 5.41) is 23.4. The molecule has 0 saturated carbocycles. The predicted molar refractivity (Wildman–Crippen MR) is 93.6 cm³/mol. The van der Waals surface area contributed by atoms with Crippen molar-refractivity contribution in [1.29, 1.82) is 5.26 Å². The molecule has 130 valence electrons. The SMILES string of the molecule is COc1ccc(CNc2oc(-c3ccccc3[N+](=O)[O-])nc2C#N)cc1. The average Bonchev–Trinajstić information content (AvgIpc) is 3.10. The van der Waals surface area contributed by atoms with E-state index in [0.29, 0.717) is 6.54 Å². The van der Waals surface area contributed by atoms with E-state index in [4.69, 9.17) is 9.15 Å². The summed E-state index contributed by atoms with van der Waals surface area (Å²) in [5.74, 6) is 0.923. The number of hydrogen-bond acceptors (Lipinski definition) is 7. The quantitative estimate of drug-likeness (QED) is 0.532. The van der Waals surface area contributed by atoms with E-state index >= 15 is 0 Å². The van der Waals surface area contributed by atoms with Crippen LogP contribution in [0.1, 0.15) is 11.3 Å². The van der Waals surface area contributed by atoms with Gasteiger partial charge in [-0.05, 0) is 23.8 Å². The molecule has 0 fully saturated rings. The summed E-state index contributed by atoms with van der Waals surface area (Å²) in [4.78, 5) is 14.7. The molecular weight excluding hydrogens is 336 g/mol. The number of ether oxygens (including phenoxy) is 1. The molecule has 1 aromatic heterocycles. The number of rotatable bonds is 6. The van der Waals surface area contributed by atoms with Gasteiger partial charge in [0, 0.05) is 12.6 Å². The molecule has 26 heavy (non-hydrogen) atoms. The van der Waals surface area contributed by atoms with Crippen molar-refractivity contribution in [3.05, 3.63) is 69.9 Å². The van der Waals surface area contributed by atoms with Gasteiger partial charge in [-0.1, -0.05) is 24.3 Å². The van der Waals surface area contributed by atoms with E-state index in [1.807, 2.05) is 30.3 Å². The van der Waals surface area contributed by atoms with Crippen LogP contribution in [-0.2, 0) is 6.54 Å². The highest BCUT2D eigenvalue weighted by Gasteiger charge is 2.21. The summed E-state index contributed by atoms with van der Waals surface area (Å²) in [7, 11) is 1.59. The molecule has 3 aromatic rings. The maximum Gasteiger partial charge on any atom is 0.282 e. The van der Waals surface area contributed by atoms with Crippen LogP contribution in [0.4, 0.5) is 11.6 Å². The Kier molecular flexibility index (Phi) is 4.80. The van der Waals surface area contributed by atoms with Crippen molar-refractivity contribution in [2.45, 2.75) is 6.54 Å². The van der Waals surface area contributed by atoms with Gasteiger partial charge in [0.1, 0.15) is 17.4 Å². The third-order valence-electron chi connectivity index (χ3n) is 3.68.